The van der Waals surface area contributed by atoms with Gasteiger partial charge in [-0.15, -0.1) is 0 Å². The predicted molar refractivity (Wildman–Crippen MR) is 104 cm³/mol. The van der Waals surface area contributed by atoms with Crippen LogP contribution < -0.4 is 0 Å². The van der Waals surface area contributed by atoms with E-state index < -0.39 is 11.4 Å². The molecule has 146 valence electrons. The monoisotopic (exact) mass is 381 g/mol. The Labute approximate surface area is 163 Å². The third-order valence-electron chi connectivity index (χ3n) is 5.97. The topological polar surface area (TPSA) is 81.2 Å². The van der Waals surface area contributed by atoms with Gasteiger partial charge < -0.3 is 19.8 Å². The zero-order valence-corrected chi connectivity index (χ0v) is 16.0. The Morgan fingerprint density at radius 2 is 1.64 bits per heavy atom. The van der Waals surface area contributed by atoms with Crippen LogP contribution in [0.5, 0.6) is 0 Å². The second-order valence-electron chi connectivity index (χ2n) is 7.96. The van der Waals surface area contributed by atoms with Crippen LogP contribution >= 0.6 is 0 Å². The first-order valence-corrected chi connectivity index (χ1v) is 9.29. The number of nitrogens with zero attached hydrogens (tertiary/aromatic N) is 3. The number of likely N-dealkylation sites (tertiary alicyclic amines) is 2. The average Bonchev–Trinajstić information content (AvgIpc) is 3.22. The number of amides is 3. The van der Waals surface area contributed by atoms with Gasteiger partial charge in [0.25, 0.3) is 5.91 Å². The maximum absolute atomic E-state index is 13.1. The third-order valence-corrected chi connectivity index (χ3v) is 5.97. The van der Waals surface area contributed by atoms with Gasteiger partial charge in [0.2, 0.25) is 0 Å². The quantitative estimate of drug-likeness (QED) is 0.863. The maximum atomic E-state index is 13.1. The predicted octanol–water partition coefficient (Wildman–Crippen LogP) is 1.98. The highest BCUT2D eigenvalue weighted by Gasteiger charge is 2.59. The molecule has 2 aromatic rings. The van der Waals surface area contributed by atoms with Crippen molar-refractivity contribution in [2.24, 2.45) is 11.3 Å². The Hall–Kier alpha value is -3.09. The van der Waals surface area contributed by atoms with Crippen molar-refractivity contribution >= 4 is 28.7 Å². The van der Waals surface area contributed by atoms with E-state index in [0.29, 0.717) is 18.7 Å². The summed E-state index contributed by atoms with van der Waals surface area (Å²) < 4.78 is 0. The van der Waals surface area contributed by atoms with Crippen molar-refractivity contribution in [3.8, 4) is 0 Å². The molecule has 28 heavy (non-hydrogen) atoms. The van der Waals surface area contributed by atoms with Crippen molar-refractivity contribution in [2.75, 3.05) is 40.3 Å². The molecule has 0 saturated carbocycles. The summed E-state index contributed by atoms with van der Waals surface area (Å²) >= 11 is 0. The van der Waals surface area contributed by atoms with Crippen molar-refractivity contribution in [3.63, 3.8) is 0 Å². The van der Waals surface area contributed by atoms with Gasteiger partial charge in [-0.1, -0.05) is 30.3 Å². The summed E-state index contributed by atoms with van der Waals surface area (Å²) in [4.78, 5) is 42.1. The Bertz CT molecular complexity index is 973. The first-order chi connectivity index (χ1) is 13.3. The molecule has 0 aliphatic carbocycles. The van der Waals surface area contributed by atoms with E-state index in [1.54, 1.807) is 30.0 Å². The molecule has 2 aliphatic heterocycles. The zero-order chi connectivity index (χ0) is 20.1. The number of carbonyl (C=O) groups is 3. The standard InChI is InChI=1S/C21H23N3O4/c1-22(2)20(28)24-11-17-10-23(12-21(17,13-24)19(26)27)18(25)16-8-7-14-5-3-4-6-15(14)9-16/h3-9,17H,10-13H2,1-2H3,(H,26,27)/t17-,21-/m1/s1. The number of urea groups is 1. The smallest absolute Gasteiger partial charge is 0.319 e. The van der Waals surface area contributed by atoms with Crippen molar-refractivity contribution in [3.05, 3.63) is 48.0 Å². The fourth-order valence-corrected chi connectivity index (χ4v) is 4.46. The van der Waals surface area contributed by atoms with Gasteiger partial charge in [0.1, 0.15) is 5.41 Å². The lowest BCUT2D eigenvalue weighted by molar-refractivity contribution is -0.148. The Morgan fingerprint density at radius 1 is 1.00 bits per heavy atom. The number of rotatable bonds is 2. The number of hydrogen-bond donors (Lipinski definition) is 1. The summed E-state index contributed by atoms with van der Waals surface area (Å²) in [6.07, 6.45) is 0. The lowest BCUT2D eigenvalue weighted by Gasteiger charge is -2.27. The molecule has 7 nitrogen and oxygen atoms in total. The van der Waals surface area contributed by atoms with Gasteiger partial charge in [-0.3, -0.25) is 9.59 Å². The van der Waals surface area contributed by atoms with Crippen LogP contribution in [0.4, 0.5) is 4.79 Å². The molecule has 0 spiro atoms. The van der Waals surface area contributed by atoms with Gasteiger partial charge in [0.05, 0.1) is 0 Å². The van der Waals surface area contributed by atoms with Crippen LogP contribution in [0.2, 0.25) is 0 Å². The fraction of sp³-hybridized carbons (Fsp3) is 0.381. The molecule has 3 amide bonds. The summed E-state index contributed by atoms with van der Waals surface area (Å²) in [6, 6.07) is 13.2. The summed E-state index contributed by atoms with van der Waals surface area (Å²) in [7, 11) is 3.30. The molecule has 0 bridgehead atoms. The number of fused-ring (bicyclic) bond motifs is 2. The van der Waals surface area contributed by atoms with Crippen LogP contribution in [-0.4, -0.2) is 78.0 Å². The summed E-state index contributed by atoms with van der Waals surface area (Å²) in [5, 5.41) is 12.0. The SMILES string of the molecule is CN(C)C(=O)N1C[C@H]2CN(C(=O)c3ccc4ccccc4c3)C[C@@]2(C(=O)O)C1. The van der Waals surface area contributed by atoms with Gasteiger partial charge in [-0.05, 0) is 22.9 Å². The normalized spacial score (nSPS) is 23.7. The maximum Gasteiger partial charge on any atom is 0.319 e. The minimum Gasteiger partial charge on any atom is -0.481 e. The molecule has 2 aliphatic rings. The van der Waals surface area contributed by atoms with Crippen LogP contribution in [0, 0.1) is 11.3 Å². The molecule has 7 heteroatoms. The molecule has 2 aromatic carbocycles. The second-order valence-corrected chi connectivity index (χ2v) is 7.96. The Kier molecular flexibility index (Phi) is 4.25. The lowest BCUT2D eigenvalue weighted by Crippen LogP contribution is -2.45. The van der Waals surface area contributed by atoms with Gasteiger partial charge >= 0.3 is 12.0 Å². The van der Waals surface area contributed by atoms with E-state index >= 15 is 0 Å². The highest BCUT2D eigenvalue weighted by atomic mass is 16.4. The first kappa shape index (κ1) is 18.3. The number of carbonyl (C=O) groups excluding carboxylic acids is 2. The molecule has 4 rings (SSSR count). The largest absolute Gasteiger partial charge is 0.481 e. The van der Waals surface area contributed by atoms with Crippen LogP contribution in [0.1, 0.15) is 10.4 Å². The molecular formula is C21H23N3O4. The van der Waals surface area contributed by atoms with Crippen molar-refractivity contribution in [1.29, 1.82) is 0 Å². The van der Waals surface area contributed by atoms with Crippen molar-refractivity contribution in [1.82, 2.24) is 14.7 Å². The van der Waals surface area contributed by atoms with Gasteiger partial charge in [-0.2, -0.15) is 0 Å². The van der Waals surface area contributed by atoms with Gasteiger partial charge in [-0.25, -0.2) is 4.79 Å². The number of carboxylic acids is 1. The minimum atomic E-state index is -1.10. The Balaban J connectivity index is 1.57. The van der Waals surface area contributed by atoms with Gasteiger partial charge in [0.15, 0.2) is 0 Å². The van der Waals surface area contributed by atoms with Crippen LogP contribution in [-0.2, 0) is 4.79 Å². The summed E-state index contributed by atoms with van der Waals surface area (Å²) in [6.45, 7) is 0.946. The van der Waals surface area contributed by atoms with E-state index in [4.69, 9.17) is 0 Å². The second kappa shape index (κ2) is 6.51. The molecule has 2 atom stereocenters. The number of benzene rings is 2. The molecule has 2 saturated heterocycles. The van der Waals surface area contributed by atoms with Crippen LogP contribution in [0.15, 0.2) is 42.5 Å². The number of hydrogen-bond acceptors (Lipinski definition) is 3. The van der Waals surface area contributed by atoms with Crippen molar-refractivity contribution < 1.29 is 19.5 Å². The fourth-order valence-electron chi connectivity index (χ4n) is 4.46. The first-order valence-electron chi connectivity index (χ1n) is 9.29. The highest BCUT2D eigenvalue weighted by molar-refractivity contribution is 5.99. The summed E-state index contributed by atoms with van der Waals surface area (Å²) in [5.74, 6) is -1.37. The molecule has 0 aromatic heterocycles. The third kappa shape index (κ3) is 2.78. The number of aliphatic carboxylic acids is 1. The van der Waals surface area contributed by atoms with Crippen LogP contribution in [0.25, 0.3) is 10.8 Å². The van der Waals surface area contributed by atoms with E-state index in [1.165, 1.54) is 4.90 Å². The summed E-state index contributed by atoms with van der Waals surface area (Å²) in [5.41, 5.74) is -0.543. The Morgan fingerprint density at radius 3 is 2.29 bits per heavy atom. The zero-order valence-electron chi connectivity index (χ0n) is 16.0. The lowest BCUT2D eigenvalue weighted by atomic mass is 9.81. The van der Waals surface area contributed by atoms with E-state index in [2.05, 4.69) is 0 Å². The van der Waals surface area contributed by atoms with E-state index in [9.17, 15) is 19.5 Å². The van der Waals surface area contributed by atoms with E-state index in [1.807, 2.05) is 36.4 Å². The van der Waals surface area contributed by atoms with Crippen molar-refractivity contribution in [2.45, 2.75) is 0 Å². The molecule has 1 N–H and O–H groups in total. The molecule has 0 radical (unpaired) electrons. The molecular weight excluding hydrogens is 358 g/mol. The average molecular weight is 381 g/mol. The number of carboxylic acid groups (broad SMARTS) is 1. The van der Waals surface area contributed by atoms with Crippen LogP contribution in [0.3, 0.4) is 0 Å². The van der Waals surface area contributed by atoms with E-state index in [0.717, 1.165) is 10.8 Å². The molecule has 0 unspecified atom stereocenters. The highest BCUT2D eigenvalue weighted by Crippen LogP contribution is 2.43. The van der Waals surface area contributed by atoms with E-state index in [-0.39, 0.29) is 30.9 Å². The minimum absolute atomic E-state index is 0.121. The van der Waals surface area contributed by atoms with Gasteiger partial charge in [0, 0.05) is 51.8 Å². The molecule has 2 heterocycles. The molecule has 2 fully saturated rings.